The highest BCUT2D eigenvalue weighted by Gasteiger charge is 2.40. The third-order valence-corrected chi connectivity index (χ3v) is 4.94. The first kappa shape index (κ1) is 18.4. The lowest BCUT2D eigenvalue weighted by molar-refractivity contribution is 0.0985. The third kappa shape index (κ3) is 4.43. The number of hydrogen-bond acceptors (Lipinski definition) is 1. The zero-order chi connectivity index (χ0) is 14.6. The normalized spacial score (nSPS) is 21.8. The van der Waals surface area contributed by atoms with Crippen molar-refractivity contribution < 1.29 is 9.50 Å². The van der Waals surface area contributed by atoms with E-state index in [1.807, 2.05) is 6.07 Å². The molecule has 0 spiro atoms. The Kier molecular flexibility index (Phi) is 7.15. The van der Waals surface area contributed by atoms with Gasteiger partial charge in [0.15, 0.2) is 0 Å². The van der Waals surface area contributed by atoms with Crippen LogP contribution in [0, 0.1) is 17.2 Å². The van der Waals surface area contributed by atoms with Crippen molar-refractivity contribution in [2.24, 2.45) is 11.3 Å². The Morgan fingerprint density at radius 2 is 1.95 bits per heavy atom. The minimum absolute atomic E-state index is 0. The van der Waals surface area contributed by atoms with E-state index in [9.17, 15) is 9.50 Å². The minimum atomic E-state index is -0.513. The van der Waals surface area contributed by atoms with Crippen LogP contribution >= 0.6 is 12.4 Å². The Bertz CT molecular complexity index is 429. The molecule has 0 aliphatic heterocycles. The van der Waals surface area contributed by atoms with Gasteiger partial charge in [-0.05, 0) is 61.1 Å². The molecule has 2 rings (SSSR count). The molecule has 1 aliphatic carbocycles. The molecule has 0 bridgehead atoms. The van der Waals surface area contributed by atoms with E-state index in [1.165, 1.54) is 44.2 Å². The third-order valence-electron chi connectivity index (χ3n) is 4.94. The quantitative estimate of drug-likeness (QED) is 0.717. The zero-order valence-electron chi connectivity index (χ0n) is 13.1. The van der Waals surface area contributed by atoms with Crippen LogP contribution in [0.1, 0.15) is 70.5 Å². The molecule has 21 heavy (non-hydrogen) atoms. The molecule has 1 aliphatic rings. The molecular weight excluding hydrogens is 287 g/mol. The van der Waals surface area contributed by atoms with Gasteiger partial charge >= 0.3 is 0 Å². The van der Waals surface area contributed by atoms with Gasteiger partial charge in [0.1, 0.15) is 5.82 Å². The predicted octanol–water partition coefficient (Wildman–Crippen LogP) is 5.67. The Balaban J connectivity index is 0.00000220. The maximum absolute atomic E-state index is 13.3. The lowest BCUT2D eigenvalue weighted by atomic mass is 9.76. The van der Waals surface area contributed by atoms with Gasteiger partial charge in [-0.1, -0.05) is 38.8 Å². The van der Waals surface area contributed by atoms with Crippen LogP contribution in [0.15, 0.2) is 24.3 Å². The fraction of sp³-hybridized carbons (Fsp3) is 0.667. The molecule has 1 nitrogen and oxygen atoms in total. The van der Waals surface area contributed by atoms with Gasteiger partial charge in [-0.15, -0.1) is 12.4 Å². The molecule has 1 fully saturated rings. The minimum Gasteiger partial charge on any atom is -0.388 e. The summed E-state index contributed by atoms with van der Waals surface area (Å²) in [5, 5.41) is 10.5. The number of hydrogen-bond donors (Lipinski definition) is 1. The molecule has 1 aromatic rings. The number of benzene rings is 1. The molecule has 120 valence electrons. The summed E-state index contributed by atoms with van der Waals surface area (Å²) in [6, 6.07) is 6.44. The van der Waals surface area contributed by atoms with E-state index in [0.29, 0.717) is 5.41 Å². The molecule has 0 unspecified atom stereocenters. The molecule has 0 saturated heterocycles. The highest BCUT2D eigenvalue weighted by molar-refractivity contribution is 5.85. The molecular formula is C18H28ClFO. The van der Waals surface area contributed by atoms with E-state index in [2.05, 4.69) is 13.8 Å². The average molecular weight is 315 g/mol. The number of aliphatic hydroxyl groups excluding tert-OH is 1. The van der Waals surface area contributed by atoms with Gasteiger partial charge in [-0.2, -0.15) is 0 Å². The smallest absolute Gasteiger partial charge is 0.123 e. The van der Waals surface area contributed by atoms with E-state index in [1.54, 1.807) is 6.07 Å². The zero-order valence-corrected chi connectivity index (χ0v) is 14.0. The largest absolute Gasteiger partial charge is 0.388 e. The summed E-state index contributed by atoms with van der Waals surface area (Å²) in [5.41, 5.74) is 1.15. The van der Waals surface area contributed by atoms with Crippen LogP contribution in [-0.2, 0) is 0 Å². The first-order valence-electron chi connectivity index (χ1n) is 8.04. The van der Waals surface area contributed by atoms with Crippen molar-refractivity contribution in [1.29, 1.82) is 0 Å². The maximum Gasteiger partial charge on any atom is 0.123 e. The van der Waals surface area contributed by atoms with E-state index < -0.39 is 6.10 Å². The van der Waals surface area contributed by atoms with E-state index in [4.69, 9.17) is 0 Å². The van der Waals surface area contributed by atoms with Crippen LogP contribution in [-0.4, -0.2) is 5.11 Å². The fourth-order valence-electron chi connectivity index (χ4n) is 4.12. The van der Waals surface area contributed by atoms with Gasteiger partial charge in [0.25, 0.3) is 0 Å². The van der Waals surface area contributed by atoms with Crippen LogP contribution in [0.25, 0.3) is 0 Å². The molecule has 3 heteroatoms. The molecule has 0 heterocycles. The lowest BCUT2D eigenvalue weighted by Crippen LogP contribution is -2.18. The summed E-state index contributed by atoms with van der Waals surface area (Å²) >= 11 is 0. The predicted molar refractivity (Wildman–Crippen MR) is 88.2 cm³/mol. The van der Waals surface area contributed by atoms with Crippen molar-refractivity contribution in [1.82, 2.24) is 0 Å². The van der Waals surface area contributed by atoms with E-state index in [0.717, 1.165) is 18.4 Å². The van der Waals surface area contributed by atoms with Crippen LogP contribution in [0.3, 0.4) is 0 Å². The molecule has 0 amide bonds. The summed E-state index contributed by atoms with van der Waals surface area (Å²) in [6.45, 7) is 4.49. The molecule has 2 atom stereocenters. The molecule has 1 aromatic carbocycles. The second-order valence-corrected chi connectivity index (χ2v) is 6.50. The second-order valence-electron chi connectivity index (χ2n) is 6.50. The summed E-state index contributed by atoms with van der Waals surface area (Å²) in [4.78, 5) is 0. The summed E-state index contributed by atoms with van der Waals surface area (Å²) in [5.74, 6) is 0.0304. The van der Waals surface area contributed by atoms with Crippen LogP contribution < -0.4 is 0 Å². The standard InChI is InChI=1S/C18H27FO.ClH/c1-3-9-18(10-4-2)11-8-15(13-18)17(20)14-6-5-7-16(19)12-14;/h5-7,12,15,17,20H,3-4,8-11,13H2,1-2H3;1H/t15-,17+;/m0./s1. The topological polar surface area (TPSA) is 20.2 Å². The monoisotopic (exact) mass is 314 g/mol. The van der Waals surface area contributed by atoms with Gasteiger partial charge in [-0.25, -0.2) is 4.39 Å². The summed E-state index contributed by atoms with van der Waals surface area (Å²) in [6.07, 6.45) is 7.79. The highest BCUT2D eigenvalue weighted by atomic mass is 35.5. The van der Waals surface area contributed by atoms with Crippen molar-refractivity contribution in [2.75, 3.05) is 0 Å². The van der Waals surface area contributed by atoms with Gasteiger partial charge in [0.05, 0.1) is 6.10 Å². The van der Waals surface area contributed by atoms with Gasteiger partial charge in [0, 0.05) is 0 Å². The van der Waals surface area contributed by atoms with Gasteiger partial charge in [0.2, 0.25) is 0 Å². The molecule has 0 aromatic heterocycles. The van der Waals surface area contributed by atoms with Crippen molar-refractivity contribution >= 4 is 12.4 Å². The Morgan fingerprint density at radius 3 is 2.52 bits per heavy atom. The van der Waals surface area contributed by atoms with Gasteiger partial charge < -0.3 is 5.11 Å². The SMILES string of the molecule is CCCC1(CCC)CC[C@H]([C@H](O)c2cccc(F)c2)C1.Cl. The highest BCUT2D eigenvalue weighted by Crippen LogP contribution is 2.51. The molecule has 1 N–H and O–H groups in total. The van der Waals surface area contributed by atoms with Crippen molar-refractivity contribution in [3.8, 4) is 0 Å². The van der Waals surface area contributed by atoms with Crippen molar-refractivity contribution in [3.05, 3.63) is 35.6 Å². The fourth-order valence-corrected chi connectivity index (χ4v) is 4.12. The van der Waals surface area contributed by atoms with E-state index in [-0.39, 0.29) is 24.1 Å². The first-order chi connectivity index (χ1) is 9.60. The number of rotatable bonds is 6. The van der Waals surface area contributed by atoms with Crippen molar-refractivity contribution in [3.63, 3.8) is 0 Å². The second kappa shape index (κ2) is 8.14. The lowest BCUT2D eigenvalue weighted by Gasteiger charge is -2.29. The van der Waals surface area contributed by atoms with Gasteiger partial charge in [-0.3, -0.25) is 0 Å². The number of aliphatic hydroxyl groups is 1. The average Bonchev–Trinajstić information content (AvgIpc) is 2.83. The Labute approximate surface area is 134 Å². The van der Waals surface area contributed by atoms with Crippen LogP contribution in [0.2, 0.25) is 0 Å². The summed E-state index contributed by atoms with van der Waals surface area (Å²) < 4.78 is 13.3. The van der Waals surface area contributed by atoms with Crippen LogP contribution in [0.5, 0.6) is 0 Å². The van der Waals surface area contributed by atoms with Crippen molar-refractivity contribution in [2.45, 2.75) is 64.9 Å². The summed E-state index contributed by atoms with van der Waals surface area (Å²) in [7, 11) is 0. The molecule has 1 saturated carbocycles. The maximum atomic E-state index is 13.3. The Hall–Kier alpha value is -0.600. The first-order valence-corrected chi connectivity index (χ1v) is 8.04. The Morgan fingerprint density at radius 1 is 1.29 bits per heavy atom. The van der Waals surface area contributed by atoms with Crippen LogP contribution in [0.4, 0.5) is 4.39 Å². The molecule has 0 radical (unpaired) electrons. The van der Waals surface area contributed by atoms with E-state index >= 15 is 0 Å². The number of halogens is 2.